The Balaban J connectivity index is 0.833. The lowest BCUT2D eigenvalue weighted by Gasteiger charge is -2.37. The monoisotopic (exact) mass is 1290 g/mol. The number of rotatable bonds is 28. The van der Waals surface area contributed by atoms with E-state index in [4.69, 9.17) is 67.1 Å². The summed E-state index contributed by atoms with van der Waals surface area (Å²) in [5.74, 6) is 4.67. The zero-order valence-electron chi connectivity index (χ0n) is 55.0. The minimum absolute atomic E-state index is 0.0973. The predicted molar refractivity (Wildman–Crippen MR) is 371 cm³/mol. The summed E-state index contributed by atoms with van der Waals surface area (Å²) < 4.78 is 71.9. The number of nitrogens with zero attached hydrogens (tertiary/aromatic N) is 4. The molecule has 97 heavy (non-hydrogen) atoms. The number of benzene rings is 10. The number of hydrogen-bond donors (Lipinski definition) is 0. The van der Waals surface area contributed by atoms with Crippen LogP contribution in [0.3, 0.4) is 0 Å². The minimum atomic E-state index is -1.12. The first kappa shape index (κ1) is 64.9. The second-order valence-corrected chi connectivity index (χ2v) is 23.5. The molecule has 1 saturated heterocycles. The largest absolute Gasteiger partial charge is 0.497 e. The highest BCUT2D eigenvalue weighted by atomic mass is 16.6. The highest BCUT2D eigenvalue weighted by molar-refractivity contribution is 5.76. The van der Waals surface area contributed by atoms with Gasteiger partial charge in [0.2, 0.25) is 5.88 Å². The Hall–Kier alpha value is -10.8. The molecule has 3 heterocycles. The maximum atomic E-state index is 7.56. The van der Waals surface area contributed by atoms with E-state index in [0.717, 1.165) is 101 Å². The van der Waals surface area contributed by atoms with Crippen molar-refractivity contribution in [2.75, 3.05) is 49.3 Å². The van der Waals surface area contributed by atoms with Crippen LogP contribution in [-0.4, -0.2) is 74.9 Å². The average Bonchev–Trinajstić information content (AvgIpc) is 1.51. The van der Waals surface area contributed by atoms with Crippen molar-refractivity contribution in [3.05, 3.63) is 341 Å². The topological polar surface area (TPSA) is 145 Å². The van der Waals surface area contributed by atoms with Gasteiger partial charge in [-0.05, 0) is 152 Å². The van der Waals surface area contributed by atoms with Crippen LogP contribution in [0.1, 0.15) is 79.4 Å². The van der Waals surface area contributed by atoms with Gasteiger partial charge in [0, 0.05) is 0 Å². The summed E-state index contributed by atoms with van der Waals surface area (Å²) in [6.07, 6.45) is 5.09. The summed E-state index contributed by atoms with van der Waals surface area (Å²) in [6, 6.07) is 85.2. The van der Waals surface area contributed by atoms with E-state index in [1.807, 2.05) is 156 Å². The van der Waals surface area contributed by atoms with E-state index < -0.39 is 29.1 Å². The molecule has 13 rings (SSSR count). The zero-order chi connectivity index (χ0) is 66.6. The van der Waals surface area contributed by atoms with E-state index in [1.54, 1.807) is 49.0 Å². The number of hydrogen-bond acceptors (Lipinski definition) is 14. The van der Waals surface area contributed by atoms with Crippen LogP contribution in [0, 0.1) is 6.42 Å². The van der Waals surface area contributed by atoms with Gasteiger partial charge in [0.15, 0.2) is 11.2 Å². The number of methoxy groups -OCH3 is 6. The van der Waals surface area contributed by atoms with Crippen LogP contribution >= 0.6 is 0 Å². The summed E-state index contributed by atoms with van der Waals surface area (Å²) in [5.41, 5.74) is 8.58. The van der Waals surface area contributed by atoms with Crippen LogP contribution in [0.15, 0.2) is 267 Å². The van der Waals surface area contributed by atoms with E-state index in [0.29, 0.717) is 23.5 Å². The Morgan fingerprint density at radius 3 is 1.03 bits per heavy atom. The molecule has 15 nitrogen and oxygen atoms in total. The SMILES string of the molecule is COc1ccc(C(OCc2cc(COc3ncnc4c3ncn4[C@H]3C[CH][C@H](COC(c4ccccc4)(c4ccc(OC)cc4)c4ccc(OC)cc4)O3)cc(COC(c3ccccc3)(c3ccc(OC)cc3)c3ccc(OC)cc3)c2)(c2ccccc2)c2ccc(OC)cc2)cc1. The quantitative estimate of drug-likeness (QED) is 0.0429. The van der Waals surface area contributed by atoms with Crippen molar-refractivity contribution in [3.8, 4) is 40.4 Å². The van der Waals surface area contributed by atoms with E-state index in [2.05, 4.69) is 110 Å². The average molecular weight is 1290 g/mol. The lowest BCUT2D eigenvalue weighted by molar-refractivity contribution is -0.0702. The van der Waals surface area contributed by atoms with Gasteiger partial charge < -0.3 is 52.1 Å². The molecule has 1 aliphatic rings. The molecule has 0 amide bonds. The fourth-order valence-electron chi connectivity index (χ4n) is 13.1. The molecule has 10 aromatic carbocycles. The van der Waals surface area contributed by atoms with Crippen LogP contribution in [0.4, 0.5) is 0 Å². The highest BCUT2D eigenvalue weighted by Crippen LogP contribution is 2.47. The summed E-state index contributed by atoms with van der Waals surface area (Å²) in [4.78, 5) is 14.4. The van der Waals surface area contributed by atoms with Gasteiger partial charge in [-0.1, -0.05) is 182 Å². The van der Waals surface area contributed by atoms with Gasteiger partial charge in [-0.15, -0.1) is 0 Å². The van der Waals surface area contributed by atoms with Crippen LogP contribution in [0.5, 0.6) is 40.4 Å². The Bertz CT molecular complexity index is 4200. The molecular weight excluding hydrogens is 1220 g/mol. The molecule has 0 bridgehead atoms. The maximum Gasteiger partial charge on any atom is 0.245 e. The van der Waals surface area contributed by atoms with Gasteiger partial charge in [0.1, 0.15) is 70.5 Å². The van der Waals surface area contributed by atoms with Gasteiger partial charge in [-0.2, -0.15) is 4.98 Å². The van der Waals surface area contributed by atoms with Crippen molar-refractivity contribution in [2.24, 2.45) is 0 Å². The second-order valence-electron chi connectivity index (χ2n) is 23.5. The molecule has 0 unspecified atom stereocenters. The fourth-order valence-corrected chi connectivity index (χ4v) is 13.1. The highest BCUT2D eigenvalue weighted by Gasteiger charge is 2.42. The van der Waals surface area contributed by atoms with E-state index >= 15 is 0 Å². The molecule has 0 spiro atoms. The molecule has 489 valence electrons. The van der Waals surface area contributed by atoms with Crippen LogP contribution in [0.25, 0.3) is 11.2 Å². The van der Waals surface area contributed by atoms with Gasteiger partial charge in [-0.3, -0.25) is 4.57 Å². The van der Waals surface area contributed by atoms with Crippen molar-refractivity contribution >= 4 is 11.2 Å². The third-order valence-electron chi connectivity index (χ3n) is 18.0. The summed E-state index contributed by atoms with van der Waals surface area (Å²) >= 11 is 0. The van der Waals surface area contributed by atoms with Crippen molar-refractivity contribution in [1.29, 1.82) is 0 Å². The minimum Gasteiger partial charge on any atom is -0.497 e. The van der Waals surface area contributed by atoms with Crippen molar-refractivity contribution in [1.82, 2.24) is 19.5 Å². The molecule has 1 fully saturated rings. The van der Waals surface area contributed by atoms with Crippen molar-refractivity contribution < 1.29 is 52.1 Å². The summed E-state index contributed by atoms with van der Waals surface area (Å²) in [5, 5.41) is 0. The Kier molecular flexibility index (Phi) is 19.7. The molecular formula is C82H75N4O11. The standard InChI is InChI=1S/C82H75N4O11/c1-87-69-34-22-63(23-35-69)80(60-16-10-7-11-17-60,64-24-36-70(88-2)37-25-64)94-52-58-48-57(49-59(50-58)53-95-81(61-18-12-8-13-19-61,65-26-38-71(89-3)39-27-65)66-28-40-72(90-4)41-29-66)51-93-79-77-78(83-55-84-79)86(56-85-77)76-47-46-75(97-76)54-96-82(62-20-14-9-15-21-62,67-30-42-73(91-5)43-31-67)68-32-44-74(92-6)45-33-68/h7-46,48-50,55-56,75-76H,47,51-54H2,1-6H3/t75-,76-/m1/s1. The second kappa shape index (κ2) is 29.4. The first-order chi connectivity index (χ1) is 47.7. The Morgan fingerprint density at radius 2 is 0.691 bits per heavy atom. The molecule has 15 heteroatoms. The number of aromatic nitrogens is 4. The third-order valence-corrected chi connectivity index (χ3v) is 18.0. The fraction of sp³-hybridized carbons (Fsp3) is 0.195. The smallest absolute Gasteiger partial charge is 0.245 e. The predicted octanol–water partition coefficient (Wildman–Crippen LogP) is 16.0. The van der Waals surface area contributed by atoms with E-state index in [1.165, 1.54) is 6.33 Å². The number of ether oxygens (including phenoxy) is 11. The first-order valence-corrected chi connectivity index (χ1v) is 32.1. The van der Waals surface area contributed by atoms with Crippen LogP contribution in [0.2, 0.25) is 0 Å². The zero-order valence-corrected chi connectivity index (χ0v) is 55.0. The molecule has 1 radical (unpaired) electrons. The summed E-state index contributed by atoms with van der Waals surface area (Å²) in [6.45, 7) is 0.623. The molecule has 1 aliphatic heterocycles. The normalized spacial score (nSPS) is 14.0. The molecule has 0 N–H and O–H groups in total. The lowest BCUT2D eigenvalue weighted by atomic mass is 9.80. The van der Waals surface area contributed by atoms with Gasteiger partial charge in [0.25, 0.3) is 0 Å². The molecule has 0 saturated carbocycles. The Morgan fingerprint density at radius 1 is 0.371 bits per heavy atom. The molecule has 0 aliphatic carbocycles. The molecule has 2 atom stereocenters. The van der Waals surface area contributed by atoms with Crippen molar-refractivity contribution in [3.63, 3.8) is 0 Å². The molecule has 12 aromatic rings. The van der Waals surface area contributed by atoms with Crippen LogP contribution < -0.4 is 33.2 Å². The van der Waals surface area contributed by atoms with E-state index in [9.17, 15) is 0 Å². The van der Waals surface area contributed by atoms with Gasteiger partial charge in [0.05, 0.1) is 74.9 Å². The van der Waals surface area contributed by atoms with E-state index in [-0.39, 0.29) is 26.4 Å². The van der Waals surface area contributed by atoms with Gasteiger partial charge in [-0.25, -0.2) is 9.97 Å². The van der Waals surface area contributed by atoms with Crippen molar-refractivity contribution in [2.45, 2.75) is 55.4 Å². The third kappa shape index (κ3) is 13.3. The number of fused-ring (bicyclic) bond motifs is 1. The first-order valence-electron chi connectivity index (χ1n) is 32.1. The lowest BCUT2D eigenvalue weighted by Crippen LogP contribution is -2.35. The molecule has 2 aromatic heterocycles. The Labute approximate surface area is 565 Å². The number of imidazole rings is 1. The van der Waals surface area contributed by atoms with Crippen LogP contribution in [-0.2, 0) is 55.6 Å². The summed E-state index contributed by atoms with van der Waals surface area (Å²) in [7, 11) is 9.98. The maximum absolute atomic E-state index is 7.56. The van der Waals surface area contributed by atoms with Gasteiger partial charge >= 0.3 is 0 Å².